The van der Waals surface area contributed by atoms with Gasteiger partial charge in [0.25, 0.3) is 0 Å². The Morgan fingerprint density at radius 2 is 1.58 bits per heavy atom. The average molecular weight is 381 g/mol. The van der Waals surface area contributed by atoms with Crippen molar-refractivity contribution in [2.24, 2.45) is 0 Å². The first-order valence-electron chi connectivity index (χ1n) is 8.00. The molecule has 0 fully saturated rings. The predicted octanol–water partition coefficient (Wildman–Crippen LogP) is 6.16. The van der Waals surface area contributed by atoms with E-state index in [9.17, 15) is 9.59 Å². The second-order valence-corrected chi connectivity index (χ2v) is 7.82. The second kappa shape index (κ2) is 9.41. The summed E-state index contributed by atoms with van der Waals surface area (Å²) in [5, 5.41) is -0.0730. The maximum Gasteiger partial charge on any atom is 0.219 e. The molecule has 0 aromatic heterocycles. The Morgan fingerprint density at radius 1 is 0.962 bits per heavy atom. The second-order valence-electron chi connectivity index (χ2n) is 5.72. The molecular weight excluding hydrogens is 360 g/mol. The maximum absolute atomic E-state index is 11.7. The quantitative estimate of drug-likeness (QED) is 0.341. The van der Waals surface area contributed by atoms with Crippen LogP contribution in [-0.4, -0.2) is 10.2 Å². The van der Waals surface area contributed by atoms with Crippen LogP contribution in [0.15, 0.2) is 77.1 Å². The van der Waals surface area contributed by atoms with Crippen LogP contribution in [0.2, 0.25) is 0 Å². The van der Waals surface area contributed by atoms with Gasteiger partial charge in [-0.2, -0.15) is 0 Å². The molecule has 0 heterocycles. The standard InChI is InChI=1S/C22H20O2S2/c1-5-21(23)26-20-13-10-18(14-16(20)4)7-6-17-8-11-19(12-9-17)25-22(24)15(2)3/h5-14H,1-2H2,3-4H3/b7-6+. The van der Waals surface area contributed by atoms with Gasteiger partial charge in [-0.05, 0) is 83.9 Å². The molecule has 0 N–H and O–H groups in total. The van der Waals surface area contributed by atoms with Crippen molar-refractivity contribution in [3.63, 3.8) is 0 Å². The van der Waals surface area contributed by atoms with Gasteiger partial charge in [-0.25, -0.2) is 0 Å². The Bertz CT molecular complexity index is 878. The highest BCUT2D eigenvalue weighted by molar-refractivity contribution is 8.14. The van der Waals surface area contributed by atoms with Gasteiger partial charge in [-0.15, -0.1) is 0 Å². The van der Waals surface area contributed by atoms with Crippen LogP contribution >= 0.6 is 23.5 Å². The minimum Gasteiger partial charge on any atom is -0.282 e. The van der Waals surface area contributed by atoms with Crippen molar-refractivity contribution in [2.75, 3.05) is 0 Å². The number of carbonyl (C=O) groups is 2. The zero-order valence-electron chi connectivity index (χ0n) is 14.8. The monoisotopic (exact) mass is 380 g/mol. The molecule has 0 bridgehead atoms. The summed E-state index contributed by atoms with van der Waals surface area (Å²) in [6.45, 7) is 10.9. The lowest BCUT2D eigenvalue weighted by Gasteiger charge is -2.04. The summed E-state index contributed by atoms with van der Waals surface area (Å²) in [7, 11) is 0. The Balaban J connectivity index is 2.06. The summed E-state index contributed by atoms with van der Waals surface area (Å²) >= 11 is 2.37. The van der Waals surface area contributed by atoms with Crippen LogP contribution < -0.4 is 0 Å². The summed E-state index contributed by atoms with van der Waals surface area (Å²) in [4.78, 5) is 25.0. The number of hydrogen-bond acceptors (Lipinski definition) is 4. The minimum atomic E-state index is -0.0560. The first-order chi connectivity index (χ1) is 12.4. The van der Waals surface area contributed by atoms with Crippen molar-refractivity contribution in [1.82, 2.24) is 0 Å². The van der Waals surface area contributed by atoms with Gasteiger partial charge < -0.3 is 0 Å². The highest BCUT2D eigenvalue weighted by Gasteiger charge is 2.05. The Labute approximate surface area is 163 Å². The van der Waals surface area contributed by atoms with Crippen LogP contribution in [0.5, 0.6) is 0 Å². The van der Waals surface area contributed by atoms with Gasteiger partial charge in [0.05, 0.1) is 0 Å². The fourth-order valence-corrected chi connectivity index (χ4v) is 3.39. The highest BCUT2D eigenvalue weighted by Crippen LogP contribution is 2.25. The van der Waals surface area contributed by atoms with Crippen LogP contribution in [-0.2, 0) is 9.59 Å². The van der Waals surface area contributed by atoms with Gasteiger partial charge >= 0.3 is 0 Å². The number of hydrogen-bond donors (Lipinski definition) is 0. The lowest BCUT2D eigenvalue weighted by Crippen LogP contribution is -1.90. The first kappa shape index (κ1) is 20.0. The topological polar surface area (TPSA) is 34.1 Å². The van der Waals surface area contributed by atoms with Crippen molar-refractivity contribution >= 4 is 45.9 Å². The summed E-state index contributed by atoms with van der Waals surface area (Å²) in [5.41, 5.74) is 3.71. The molecule has 0 atom stereocenters. The van der Waals surface area contributed by atoms with Crippen molar-refractivity contribution in [1.29, 1.82) is 0 Å². The molecule has 0 saturated heterocycles. The van der Waals surface area contributed by atoms with Gasteiger partial charge in [0.15, 0.2) is 0 Å². The van der Waals surface area contributed by atoms with E-state index in [1.54, 1.807) is 6.92 Å². The number of carbonyl (C=O) groups excluding carboxylic acids is 2. The SMILES string of the molecule is C=CC(=O)Sc1ccc(/C=C/c2ccc(SC(=O)C(=C)C)cc2)cc1C. The molecule has 132 valence electrons. The van der Waals surface area contributed by atoms with E-state index >= 15 is 0 Å². The molecule has 0 aliphatic rings. The number of rotatable bonds is 6. The molecule has 2 aromatic carbocycles. The van der Waals surface area contributed by atoms with E-state index in [2.05, 4.69) is 13.2 Å². The smallest absolute Gasteiger partial charge is 0.219 e. The van der Waals surface area contributed by atoms with E-state index in [0.29, 0.717) is 5.57 Å². The van der Waals surface area contributed by atoms with E-state index in [1.165, 1.54) is 29.6 Å². The molecular formula is C22H20O2S2. The first-order valence-corrected chi connectivity index (χ1v) is 9.63. The van der Waals surface area contributed by atoms with Crippen molar-refractivity contribution in [3.05, 3.63) is 84.0 Å². The highest BCUT2D eigenvalue weighted by atomic mass is 32.2. The molecule has 4 heteroatoms. The molecule has 2 rings (SSSR count). The minimum absolute atomic E-state index is 0.0170. The average Bonchev–Trinajstić information content (AvgIpc) is 2.62. The molecule has 0 unspecified atom stereocenters. The van der Waals surface area contributed by atoms with Gasteiger partial charge in [-0.3, -0.25) is 9.59 Å². The zero-order valence-corrected chi connectivity index (χ0v) is 16.5. The molecule has 0 aliphatic carbocycles. The normalized spacial score (nSPS) is 10.7. The molecule has 0 aliphatic heterocycles. The summed E-state index contributed by atoms with van der Waals surface area (Å²) in [6.07, 6.45) is 5.37. The van der Waals surface area contributed by atoms with E-state index in [-0.39, 0.29) is 10.2 Å². The molecule has 0 amide bonds. The molecule has 2 nitrogen and oxygen atoms in total. The lowest BCUT2D eigenvalue weighted by molar-refractivity contribution is -0.108. The van der Waals surface area contributed by atoms with E-state index in [4.69, 9.17) is 0 Å². The van der Waals surface area contributed by atoms with Crippen LogP contribution in [0.1, 0.15) is 23.6 Å². The van der Waals surface area contributed by atoms with Crippen molar-refractivity contribution in [2.45, 2.75) is 23.6 Å². The third kappa shape index (κ3) is 5.90. The number of aryl methyl sites for hydroxylation is 1. The van der Waals surface area contributed by atoms with Gasteiger partial charge in [-0.1, -0.05) is 49.6 Å². The van der Waals surface area contributed by atoms with Crippen molar-refractivity contribution in [3.8, 4) is 0 Å². The Kier molecular flexibility index (Phi) is 7.25. The third-order valence-electron chi connectivity index (χ3n) is 3.48. The largest absolute Gasteiger partial charge is 0.282 e. The summed E-state index contributed by atoms with van der Waals surface area (Å²) in [5.74, 6) is 0. The Hall–Kier alpha value is -2.30. The van der Waals surface area contributed by atoms with Crippen molar-refractivity contribution < 1.29 is 9.59 Å². The van der Waals surface area contributed by atoms with Crippen LogP contribution in [0, 0.1) is 6.92 Å². The fourth-order valence-electron chi connectivity index (χ4n) is 2.07. The van der Waals surface area contributed by atoms with Gasteiger partial charge in [0.2, 0.25) is 10.2 Å². The van der Waals surface area contributed by atoms with Gasteiger partial charge in [0, 0.05) is 9.79 Å². The number of thioether (sulfide) groups is 2. The molecule has 0 spiro atoms. The predicted molar refractivity (Wildman–Crippen MR) is 113 cm³/mol. The van der Waals surface area contributed by atoms with E-state index < -0.39 is 0 Å². The van der Waals surface area contributed by atoms with E-state index in [1.807, 2.05) is 61.5 Å². The molecule has 26 heavy (non-hydrogen) atoms. The number of benzene rings is 2. The van der Waals surface area contributed by atoms with E-state index in [0.717, 1.165) is 26.5 Å². The maximum atomic E-state index is 11.7. The van der Waals surface area contributed by atoms with Gasteiger partial charge in [0.1, 0.15) is 0 Å². The summed E-state index contributed by atoms with van der Waals surface area (Å²) < 4.78 is 0. The van der Waals surface area contributed by atoms with Crippen LogP contribution in [0.4, 0.5) is 0 Å². The third-order valence-corrected chi connectivity index (χ3v) is 5.57. The van der Waals surface area contributed by atoms with Crippen LogP contribution in [0.3, 0.4) is 0 Å². The molecule has 0 radical (unpaired) electrons. The molecule has 2 aromatic rings. The lowest BCUT2D eigenvalue weighted by atomic mass is 10.1. The van der Waals surface area contributed by atoms with Crippen LogP contribution in [0.25, 0.3) is 12.2 Å². The zero-order chi connectivity index (χ0) is 19.1. The molecule has 0 saturated carbocycles. The Morgan fingerprint density at radius 3 is 2.15 bits per heavy atom. The fraction of sp³-hybridized carbons (Fsp3) is 0.0909. The summed E-state index contributed by atoms with van der Waals surface area (Å²) in [6, 6.07) is 13.8.